The zero-order valence-electron chi connectivity index (χ0n) is 18.1. The number of sulfonamides is 1. The van der Waals surface area contributed by atoms with Crippen LogP contribution in [-0.4, -0.2) is 41.9 Å². The molecule has 8 nitrogen and oxygen atoms in total. The Bertz CT molecular complexity index is 1200. The highest BCUT2D eigenvalue weighted by molar-refractivity contribution is 7.91. The van der Waals surface area contributed by atoms with E-state index in [9.17, 15) is 13.2 Å². The van der Waals surface area contributed by atoms with Gasteiger partial charge in [-0.3, -0.25) is 4.79 Å². The van der Waals surface area contributed by atoms with Gasteiger partial charge in [0.2, 0.25) is 17.6 Å². The van der Waals surface area contributed by atoms with Crippen LogP contribution in [-0.2, 0) is 27.8 Å². The Hall–Kier alpha value is -2.56. The quantitative estimate of drug-likeness (QED) is 0.563. The topological polar surface area (TPSA) is 105 Å². The van der Waals surface area contributed by atoms with E-state index in [0.29, 0.717) is 49.6 Å². The molecule has 0 aliphatic carbocycles. The SMILES string of the molecule is CCc1nc(-c2csc(S(=O)(=O)N3CCC[C@@H](C(=O)NCc4ccccc4C)C3)c2)no1. The van der Waals surface area contributed by atoms with E-state index >= 15 is 0 Å². The average molecular weight is 475 g/mol. The molecular formula is C22H26N4O4S2. The number of amides is 1. The molecule has 4 rings (SSSR count). The molecule has 0 bridgehead atoms. The van der Waals surface area contributed by atoms with Crippen molar-refractivity contribution in [3.05, 3.63) is 52.7 Å². The molecule has 1 fully saturated rings. The molecule has 0 unspecified atom stereocenters. The molecule has 1 N–H and O–H groups in total. The lowest BCUT2D eigenvalue weighted by Crippen LogP contribution is -2.45. The van der Waals surface area contributed by atoms with E-state index in [1.165, 1.54) is 4.31 Å². The number of nitrogens with one attached hydrogen (secondary N) is 1. The third kappa shape index (κ3) is 4.77. The van der Waals surface area contributed by atoms with Crippen molar-refractivity contribution >= 4 is 27.3 Å². The molecule has 1 aliphatic heterocycles. The minimum atomic E-state index is -3.70. The first-order valence-electron chi connectivity index (χ1n) is 10.6. The number of carbonyl (C=O) groups is 1. The van der Waals surface area contributed by atoms with Crippen molar-refractivity contribution in [1.82, 2.24) is 19.8 Å². The number of piperidine rings is 1. The summed E-state index contributed by atoms with van der Waals surface area (Å²) in [6.45, 7) is 4.93. The van der Waals surface area contributed by atoms with Gasteiger partial charge in [-0.15, -0.1) is 11.3 Å². The molecule has 3 aromatic rings. The molecule has 0 saturated carbocycles. The molecule has 1 aromatic carbocycles. The zero-order chi connectivity index (χ0) is 22.7. The van der Waals surface area contributed by atoms with Gasteiger partial charge in [-0.1, -0.05) is 36.3 Å². The van der Waals surface area contributed by atoms with E-state index in [-0.39, 0.29) is 22.6 Å². The summed E-state index contributed by atoms with van der Waals surface area (Å²) in [5, 5.41) is 8.60. The summed E-state index contributed by atoms with van der Waals surface area (Å²) >= 11 is 1.13. The van der Waals surface area contributed by atoms with Crippen molar-refractivity contribution < 1.29 is 17.7 Å². The lowest BCUT2D eigenvalue weighted by molar-refractivity contribution is -0.126. The fourth-order valence-corrected chi connectivity index (χ4v) is 6.56. The highest BCUT2D eigenvalue weighted by Gasteiger charge is 2.34. The standard InChI is InChI=1S/C22H26N4O4S2/c1-3-19-24-21(25-30-19)18-11-20(31-14-18)32(28,29)26-10-6-9-17(13-26)22(27)23-12-16-8-5-4-7-15(16)2/h4-5,7-8,11,14,17H,3,6,9-10,12-13H2,1-2H3,(H,23,27)/t17-/m1/s1. The summed E-state index contributed by atoms with van der Waals surface area (Å²) in [6.07, 6.45) is 1.93. The van der Waals surface area contributed by atoms with Crippen LogP contribution in [0.5, 0.6) is 0 Å². The second kappa shape index (κ2) is 9.51. The number of hydrogen-bond acceptors (Lipinski definition) is 7. The Kier molecular flexibility index (Phi) is 6.73. The van der Waals surface area contributed by atoms with Crippen LogP contribution in [0.15, 0.2) is 44.4 Å². The Balaban J connectivity index is 1.43. The van der Waals surface area contributed by atoms with Crippen molar-refractivity contribution in [1.29, 1.82) is 0 Å². The smallest absolute Gasteiger partial charge is 0.252 e. The maximum absolute atomic E-state index is 13.2. The Morgan fingerprint density at radius 3 is 2.91 bits per heavy atom. The van der Waals surface area contributed by atoms with E-state index in [4.69, 9.17) is 4.52 Å². The summed E-state index contributed by atoms with van der Waals surface area (Å²) in [5.41, 5.74) is 2.78. The van der Waals surface area contributed by atoms with Crippen molar-refractivity contribution in [3.8, 4) is 11.4 Å². The lowest BCUT2D eigenvalue weighted by Gasteiger charge is -2.30. The van der Waals surface area contributed by atoms with Crippen molar-refractivity contribution in [2.75, 3.05) is 13.1 Å². The largest absolute Gasteiger partial charge is 0.352 e. The van der Waals surface area contributed by atoms with Gasteiger partial charge in [-0.2, -0.15) is 9.29 Å². The fraction of sp³-hybridized carbons (Fsp3) is 0.409. The third-order valence-electron chi connectivity index (χ3n) is 5.67. The molecule has 2 aromatic heterocycles. The second-order valence-corrected chi connectivity index (χ2v) is 10.9. The first kappa shape index (κ1) is 22.6. The molecule has 3 heterocycles. The maximum atomic E-state index is 13.2. The van der Waals surface area contributed by atoms with Gasteiger partial charge < -0.3 is 9.84 Å². The van der Waals surface area contributed by atoms with Gasteiger partial charge in [-0.25, -0.2) is 8.42 Å². The molecule has 1 saturated heterocycles. The molecular weight excluding hydrogens is 448 g/mol. The Morgan fingerprint density at radius 1 is 1.34 bits per heavy atom. The Labute approximate surface area is 191 Å². The summed E-state index contributed by atoms with van der Waals surface area (Å²) in [7, 11) is -3.70. The van der Waals surface area contributed by atoms with Crippen LogP contribution in [0.3, 0.4) is 0 Å². The highest BCUT2D eigenvalue weighted by atomic mass is 32.2. The summed E-state index contributed by atoms with van der Waals surface area (Å²) in [4.78, 5) is 17.0. The van der Waals surface area contributed by atoms with Crippen LogP contribution in [0.4, 0.5) is 0 Å². The predicted octanol–water partition coefficient (Wildman–Crippen LogP) is 3.39. The molecule has 0 radical (unpaired) electrons. The number of aryl methyl sites for hydroxylation is 2. The molecule has 10 heteroatoms. The van der Waals surface area contributed by atoms with Crippen LogP contribution in [0, 0.1) is 12.8 Å². The van der Waals surface area contributed by atoms with Crippen molar-refractivity contribution in [2.24, 2.45) is 5.92 Å². The number of rotatable bonds is 7. The molecule has 0 spiro atoms. The van der Waals surface area contributed by atoms with Crippen LogP contribution < -0.4 is 5.32 Å². The van der Waals surface area contributed by atoms with Gasteiger partial charge in [-0.05, 0) is 37.0 Å². The van der Waals surface area contributed by atoms with Gasteiger partial charge >= 0.3 is 0 Å². The van der Waals surface area contributed by atoms with E-state index in [1.54, 1.807) is 11.4 Å². The average Bonchev–Trinajstić information content (AvgIpc) is 3.48. The van der Waals surface area contributed by atoms with Gasteiger partial charge in [0.15, 0.2) is 0 Å². The van der Waals surface area contributed by atoms with E-state index < -0.39 is 10.0 Å². The molecule has 170 valence electrons. The Morgan fingerprint density at radius 2 is 2.16 bits per heavy atom. The number of aromatic nitrogens is 2. The van der Waals surface area contributed by atoms with Crippen LogP contribution in [0.25, 0.3) is 11.4 Å². The number of hydrogen-bond donors (Lipinski definition) is 1. The predicted molar refractivity (Wildman–Crippen MR) is 121 cm³/mol. The second-order valence-electron chi connectivity index (χ2n) is 7.87. The first-order chi connectivity index (χ1) is 15.4. The lowest BCUT2D eigenvalue weighted by atomic mass is 9.98. The minimum Gasteiger partial charge on any atom is -0.352 e. The van der Waals surface area contributed by atoms with E-state index in [1.807, 2.05) is 38.1 Å². The van der Waals surface area contributed by atoms with Crippen LogP contribution >= 0.6 is 11.3 Å². The summed E-state index contributed by atoms with van der Waals surface area (Å²) in [6, 6.07) is 9.46. The van der Waals surface area contributed by atoms with Crippen LogP contribution in [0.1, 0.15) is 36.8 Å². The summed E-state index contributed by atoms with van der Waals surface area (Å²) < 4.78 is 33.2. The molecule has 1 aliphatic rings. The van der Waals surface area contributed by atoms with E-state index in [2.05, 4.69) is 15.5 Å². The van der Waals surface area contributed by atoms with Gasteiger partial charge in [0.1, 0.15) is 4.21 Å². The molecule has 32 heavy (non-hydrogen) atoms. The number of nitrogens with zero attached hydrogens (tertiary/aromatic N) is 3. The number of benzene rings is 1. The van der Waals surface area contributed by atoms with Gasteiger partial charge in [0, 0.05) is 37.0 Å². The summed E-state index contributed by atoms with van der Waals surface area (Å²) in [5.74, 6) is 0.406. The maximum Gasteiger partial charge on any atom is 0.252 e. The minimum absolute atomic E-state index is 0.112. The third-order valence-corrected chi connectivity index (χ3v) is 8.95. The van der Waals surface area contributed by atoms with Gasteiger partial charge in [0.25, 0.3) is 10.0 Å². The van der Waals surface area contributed by atoms with E-state index in [0.717, 1.165) is 22.5 Å². The number of thiophene rings is 1. The van der Waals surface area contributed by atoms with Gasteiger partial charge in [0.05, 0.1) is 5.92 Å². The number of carbonyl (C=O) groups excluding carboxylic acids is 1. The molecule has 1 amide bonds. The monoisotopic (exact) mass is 474 g/mol. The normalized spacial score (nSPS) is 17.4. The molecule has 1 atom stereocenters. The first-order valence-corrected chi connectivity index (χ1v) is 12.9. The highest BCUT2D eigenvalue weighted by Crippen LogP contribution is 2.31. The zero-order valence-corrected chi connectivity index (χ0v) is 19.7. The van der Waals surface area contributed by atoms with Crippen molar-refractivity contribution in [2.45, 2.75) is 43.9 Å². The van der Waals surface area contributed by atoms with Crippen molar-refractivity contribution in [3.63, 3.8) is 0 Å². The van der Waals surface area contributed by atoms with Crippen LogP contribution in [0.2, 0.25) is 0 Å². The fourth-order valence-electron chi connectivity index (χ4n) is 3.72.